The average Bonchev–Trinajstić information content (AvgIpc) is 3.59. The average molecular weight is 478 g/mol. The molecule has 2 aromatic heterocycles. The highest BCUT2D eigenvalue weighted by atomic mass is 32.1. The van der Waals surface area contributed by atoms with E-state index in [-0.39, 0.29) is 17.4 Å². The predicted octanol–water partition coefficient (Wildman–Crippen LogP) is 6.04. The van der Waals surface area contributed by atoms with E-state index in [1.54, 1.807) is 35.6 Å². The topological polar surface area (TPSA) is 115 Å². The molecule has 4 aromatic rings. The summed E-state index contributed by atoms with van der Waals surface area (Å²) >= 11 is 3.03. The predicted molar refractivity (Wildman–Crippen MR) is 128 cm³/mol. The number of nitro groups is 2. The van der Waals surface area contributed by atoms with Crippen LogP contribution in [0.3, 0.4) is 0 Å². The number of thiophene rings is 1. The Hall–Kier alpha value is -3.96. The van der Waals surface area contributed by atoms with Crippen molar-refractivity contribution in [2.75, 3.05) is 5.01 Å². The Labute approximate surface area is 195 Å². The molecule has 0 radical (unpaired) electrons. The third-order valence-corrected chi connectivity index (χ3v) is 7.02. The van der Waals surface area contributed by atoms with Gasteiger partial charge in [0.05, 0.1) is 32.2 Å². The lowest BCUT2D eigenvalue weighted by Crippen LogP contribution is -2.18. The maximum atomic E-state index is 11.1. The number of aromatic nitrogens is 1. The zero-order chi connectivity index (χ0) is 22.9. The summed E-state index contributed by atoms with van der Waals surface area (Å²) in [6, 6.07) is 16.6. The molecule has 0 spiro atoms. The zero-order valence-electron chi connectivity index (χ0n) is 16.9. The van der Waals surface area contributed by atoms with E-state index in [0.29, 0.717) is 17.2 Å². The maximum absolute atomic E-state index is 11.1. The monoisotopic (exact) mass is 477 g/mol. The van der Waals surface area contributed by atoms with Crippen LogP contribution in [0.2, 0.25) is 0 Å². The normalized spacial score (nSPS) is 15.5. The first kappa shape index (κ1) is 20.9. The van der Waals surface area contributed by atoms with Crippen LogP contribution in [0, 0.1) is 20.2 Å². The maximum Gasteiger partial charge on any atom is 0.269 e. The first-order valence-corrected chi connectivity index (χ1v) is 11.6. The van der Waals surface area contributed by atoms with Crippen LogP contribution in [-0.2, 0) is 0 Å². The second-order valence-electron chi connectivity index (χ2n) is 7.26. The Balaban J connectivity index is 1.49. The van der Waals surface area contributed by atoms with Crippen LogP contribution < -0.4 is 5.01 Å². The Kier molecular flexibility index (Phi) is 5.40. The van der Waals surface area contributed by atoms with Crippen LogP contribution in [0.5, 0.6) is 0 Å². The van der Waals surface area contributed by atoms with Crippen molar-refractivity contribution in [3.8, 4) is 11.3 Å². The molecule has 0 fully saturated rings. The van der Waals surface area contributed by atoms with Crippen LogP contribution in [-0.4, -0.2) is 20.5 Å². The number of nitro benzene ring substituents is 2. The minimum absolute atomic E-state index is 0.0252. The van der Waals surface area contributed by atoms with E-state index < -0.39 is 9.85 Å². The van der Waals surface area contributed by atoms with Gasteiger partial charge >= 0.3 is 0 Å². The smallest absolute Gasteiger partial charge is 0.258 e. The molecule has 0 aliphatic carbocycles. The minimum atomic E-state index is -0.434. The number of rotatable bonds is 6. The molecular weight excluding hydrogens is 462 g/mol. The zero-order valence-corrected chi connectivity index (χ0v) is 18.5. The second kappa shape index (κ2) is 8.52. The van der Waals surface area contributed by atoms with Crippen LogP contribution in [0.4, 0.5) is 16.5 Å². The molecule has 11 heteroatoms. The summed E-state index contributed by atoms with van der Waals surface area (Å²) in [7, 11) is 0. The molecule has 1 aliphatic heterocycles. The minimum Gasteiger partial charge on any atom is -0.258 e. The van der Waals surface area contributed by atoms with Gasteiger partial charge < -0.3 is 0 Å². The molecule has 164 valence electrons. The molecule has 0 saturated carbocycles. The number of benzene rings is 2. The SMILES string of the molecule is O=[N+]([O-])c1ccc(-c2csc(N3N=C(c4cccs4)CC3c3ccc([N+](=O)[O-])cc3)n2)cc1. The van der Waals surface area contributed by atoms with Gasteiger partial charge in [-0.2, -0.15) is 5.10 Å². The van der Waals surface area contributed by atoms with E-state index >= 15 is 0 Å². The molecule has 33 heavy (non-hydrogen) atoms. The number of nitrogens with zero attached hydrogens (tertiary/aromatic N) is 5. The Morgan fingerprint density at radius 3 is 2.18 bits per heavy atom. The van der Waals surface area contributed by atoms with Gasteiger partial charge in [-0.05, 0) is 29.1 Å². The molecular formula is C22H15N5O4S2. The van der Waals surface area contributed by atoms with Crippen molar-refractivity contribution >= 4 is 44.9 Å². The van der Waals surface area contributed by atoms with Crippen molar-refractivity contribution in [3.05, 3.63) is 102 Å². The van der Waals surface area contributed by atoms with Crippen molar-refractivity contribution in [2.45, 2.75) is 12.5 Å². The van der Waals surface area contributed by atoms with Crippen molar-refractivity contribution in [3.63, 3.8) is 0 Å². The number of thiazole rings is 1. The Bertz CT molecular complexity index is 1350. The van der Waals surface area contributed by atoms with Gasteiger partial charge in [-0.25, -0.2) is 9.99 Å². The summed E-state index contributed by atoms with van der Waals surface area (Å²) < 4.78 is 0. The van der Waals surface area contributed by atoms with E-state index in [4.69, 9.17) is 10.1 Å². The summed E-state index contributed by atoms with van der Waals surface area (Å²) in [5, 5.41) is 33.2. The first-order chi connectivity index (χ1) is 16.0. The van der Waals surface area contributed by atoms with Crippen LogP contribution >= 0.6 is 22.7 Å². The third-order valence-electron chi connectivity index (χ3n) is 5.27. The lowest BCUT2D eigenvalue weighted by Gasteiger charge is -2.21. The van der Waals surface area contributed by atoms with Crippen LogP contribution in [0.25, 0.3) is 11.3 Å². The molecule has 2 aromatic carbocycles. The van der Waals surface area contributed by atoms with E-state index in [2.05, 4.69) is 0 Å². The summed E-state index contributed by atoms with van der Waals surface area (Å²) in [6.45, 7) is 0. The summed E-state index contributed by atoms with van der Waals surface area (Å²) in [4.78, 5) is 26.9. The summed E-state index contributed by atoms with van der Waals surface area (Å²) in [5.74, 6) is 0. The van der Waals surface area contributed by atoms with Gasteiger partial charge in [-0.3, -0.25) is 20.2 Å². The fourth-order valence-corrected chi connectivity index (χ4v) is 5.17. The van der Waals surface area contributed by atoms with Gasteiger partial charge in [0.25, 0.3) is 11.4 Å². The molecule has 1 aliphatic rings. The number of hydrogen-bond acceptors (Lipinski definition) is 9. The van der Waals surface area contributed by atoms with Gasteiger partial charge in [-0.1, -0.05) is 18.2 Å². The molecule has 0 saturated heterocycles. The van der Waals surface area contributed by atoms with Gasteiger partial charge in [0.2, 0.25) is 5.13 Å². The van der Waals surface area contributed by atoms with E-state index in [9.17, 15) is 20.2 Å². The lowest BCUT2D eigenvalue weighted by atomic mass is 10.0. The highest BCUT2D eigenvalue weighted by Gasteiger charge is 2.32. The fraction of sp³-hybridized carbons (Fsp3) is 0.0909. The van der Waals surface area contributed by atoms with Crippen molar-refractivity contribution in [2.24, 2.45) is 5.10 Å². The van der Waals surface area contributed by atoms with Crippen LogP contribution in [0.15, 0.2) is 76.5 Å². The van der Waals surface area contributed by atoms with Gasteiger partial charge in [0, 0.05) is 41.6 Å². The molecule has 5 rings (SSSR count). The van der Waals surface area contributed by atoms with Crippen molar-refractivity contribution in [1.82, 2.24) is 4.98 Å². The lowest BCUT2D eigenvalue weighted by molar-refractivity contribution is -0.385. The Morgan fingerprint density at radius 1 is 0.909 bits per heavy atom. The van der Waals surface area contributed by atoms with Crippen molar-refractivity contribution in [1.29, 1.82) is 0 Å². The van der Waals surface area contributed by atoms with E-state index in [0.717, 1.165) is 21.7 Å². The molecule has 3 heterocycles. The Morgan fingerprint density at radius 2 is 1.58 bits per heavy atom. The largest absolute Gasteiger partial charge is 0.269 e. The molecule has 1 atom stereocenters. The molecule has 0 bridgehead atoms. The number of hydrogen-bond donors (Lipinski definition) is 0. The van der Waals surface area contributed by atoms with Crippen LogP contribution in [0.1, 0.15) is 22.9 Å². The second-order valence-corrected chi connectivity index (χ2v) is 9.04. The van der Waals surface area contributed by atoms with Gasteiger partial charge in [0.15, 0.2) is 0 Å². The number of hydrazone groups is 1. The van der Waals surface area contributed by atoms with E-state index in [1.807, 2.05) is 27.9 Å². The van der Waals surface area contributed by atoms with Gasteiger partial charge in [0.1, 0.15) is 0 Å². The van der Waals surface area contributed by atoms with Gasteiger partial charge in [-0.15, -0.1) is 22.7 Å². The number of non-ortho nitro benzene ring substituents is 2. The van der Waals surface area contributed by atoms with Crippen molar-refractivity contribution < 1.29 is 9.85 Å². The number of anilines is 1. The highest BCUT2D eigenvalue weighted by molar-refractivity contribution is 7.14. The molecule has 1 unspecified atom stereocenters. The third kappa shape index (κ3) is 4.11. The molecule has 9 nitrogen and oxygen atoms in total. The standard InChI is InChI=1S/C22H15N5O4S2/c28-26(29)16-7-3-14(4-8-16)19-13-33-22(23-19)25-20(12-18(24-25)21-2-1-11-32-21)15-5-9-17(10-6-15)27(30)31/h1-11,13,20H,12H2. The summed E-state index contributed by atoms with van der Waals surface area (Å²) in [5.41, 5.74) is 3.38. The van der Waals surface area contributed by atoms with E-state index in [1.165, 1.54) is 35.6 Å². The first-order valence-electron chi connectivity index (χ1n) is 9.85. The molecule has 0 amide bonds. The fourth-order valence-electron chi connectivity index (χ4n) is 3.61. The quantitative estimate of drug-likeness (QED) is 0.247. The molecule has 0 N–H and O–H groups in total. The highest BCUT2D eigenvalue weighted by Crippen LogP contribution is 2.40. The summed E-state index contributed by atoms with van der Waals surface area (Å²) in [6.07, 6.45) is 0.644.